The maximum absolute atomic E-state index is 2.50. The van der Waals surface area contributed by atoms with E-state index in [1.165, 1.54) is 91.0 Å². The lowest BCUT2D eigenvalue weighted by molar-refractivity contribution is 1.14. The van der Waals surface area contributed by atoms with E-state index >= 15 is 0 Å². The van der Waals surface area contributed by atoms with Crippen molar-refractivity contribution in [1.29, 1.82) is 0 Å². The fraction of sp³-hybridized carbons (Fsp3) is 0. The Hall–Kier alpha value is -5.10. The van der Waals surface area contributed by atoms with Crippen LogP contribution in [0.25, 0.3) is 55.0 Å². The lowest BCUT2D eigenvalue weighted by Crippen LogP contribution is -2.58. The van der Waals surface area contributed by atoms with Gasteiger partial charge in [0.15, 0.2) is 0 Å². The summed E-state index contributed by atoms with van der Waals surface area (Å²) < 4.78 is 4.97. The number of hydrogen-bond acceptors (Lipinski definition) is 2. The second-order valence-electron chi connectivity index (χ2n) is 12.5. The van der Waals surface area contributed by atoms with E-state index in [2.05, 4.69) is 161 Å². The summed E-state index contributed by atoms with van der Waals surface area (Å²) >= 11 is 3.84. The summed E-state index contributed by atoms with van der Waals surface area (Å²) in [6, 6.07) is 56.1. The van der Waals surface area contributed by atoms with E-state index in [1.54, 1.807) is 0 Å². The van der Waals surface area contributed by atoms with Crippen LogP contribution in [-0.2, 0) is 0 Å². The van der Waals surface area contributed by atoms with E-state index in [1.807, 2.05) is 23.5 Å². The molecule has 0 atom stereocenters. The third kappa shape index (κ3) is 3.56. The Bertz CT molecular complexity index is 2690. The van der Waals surface area contributed by atoms with Gasteiger partial charge < -0.3 is 9.13 Å². The monoisotopic (exact) mass is 632 g/mol. The van der Waals surface area contributed by atoms with Crippen molar-refractivity contribution in [2.24, 2.45) is 0 Å². The lowest BCUT2D eigenvalue weighted by Gasteiger charge is -2.33. The molecule has 0 fully saturated rings. The third-order valence-electron chi connectivity index (χ3n) is 10.0. The smallest absolute Gasteiger partial charge is 0.247 e. The van der Waals surface area contributed by atoms with E-state index in [4.69, 9.17) is 0 Å². The first-order chi connectivity index (χ1) is 23.3. The van der Waals surface area contributed by atoms with Crippen molar-refractivity contribution in [3.05, 3.63) is 152 Å². The minimum Gasteiger partial charge on any atom is -0.309 e. The van der Waals surface area contributed by atoms with Gasteiger partial charge in [-0.15, -0.1) is 0 Å². The van der Waals surface area contributed by atoms with Crippen molar-refractivity contribution in [3.63, 3.8) is 0 Å². The van der Waals surface area contributed by atoms with Gasteiger partial charge in [0.1, 0.15) is 0 Å². The van der Waals surface area contributed by atoms with E-state index in [-0.39, 0.29) is 6.71 Å². The molecule has 2 aliphatic rings. The number of rotatable bonds is 2. The molecule has 47 heavy (non-hydrogen) atoms. The number of aromatic nitrogens is 2. The molecule has 2 nitrogen and oxygen atoms in total. The molecular formula is C42H25BN2S2. The second kappa shape index (κ2) is 9.71. The van der Waals surface area contributed by atoms with Crippen molar-refractivity contribution in [2.75, 3.05) is 0 Å². The Morgan fingerprint density at radius 3 is 1.68 bits per heavy atom. The largest absolute Gasteiger partial charge is 0.309 e. The Morgan fingerprint density at radius 1 is 0.404 bits per heavy atom. The molecule has 2 aromatic heterocycles. The molecule has 0 radical (unpaired) electrons. The topological polar surface area (TPSA) is 9.86 Å². The minimum absolute atomic E-state index is 0.253. The van der Waals surface area contributed by atoms with Gasteiger partial charge in [0.05, 0.1) is 22.1 Å². The quantitative estimate of drug-likeness (QED) is 0.176. The van der Waals surface area contributed by atoms with Crippen LogP contribution in [0.3, 0.4) is 0 Å². The summed E-state index contributed by atoms with van der Waals surface area (Å²) in [5.41, 5.74) is 11.6. The highest BCUT2D eigenvalue weighted by molar-refractivity contribution is 8.01. The molecule has 0 saturated carbocycles. The molecule has 2 aliphatic heterocycles. The van der Waals surface area contributed by atoms with Crippen molar-refractivity contribution in [1.82, 2.24) is 9.13 Å². The number of benzene rings is 7. The maximum atomic E-state index is 2.50. The van der Waals surface area contributed by atoms with Crippen molar-refractivity contribution < 1.29 is 0 Å². The predicted molar refractivity (Wildman–Crippen MR) is 201 cm³/mol. The van der Waals surface area contributed by atoms with E-state index in [9.17, 15) is 0 Å². The summed E-state index contributed by atoms with van der Waals surface area (Å²) in [6.45, 7) is 0.253. The molecule has 0 unspecified atom stereocenters. The molecular weight excluding hydrogens is 607 g/mol. The van der Waals surface area contributed by atoms with Gasteiger partial charge in [-0.2, -0.15) is 0 Å². The Labute approximate surface area is 280 Å². The van der Waals surface area contributed by atoms with Crippen molar-refractivity contribution in [3.8, 4) is 11.4 Å². The van der Waals surface area contributed by atoms with Crippen LogP contribution >= 0.6 is 23.5 Å². The molecule has 0 saturated heterocycles. The first-order valence-corrected chi connectivity index (χ1v) is 17.7. The van der Waals surface area contributed by atoms with Gasteiger partial charge in [-0.1, -0.05) is 132 Å². The predicted octanol–water partition coefficient (Wildman–Crippen LogP) is 9.33. The number of fused-ring (bicyclic) bond motifs is 11. The van der Waals surface area contributed by atoms with Gasteiger partial charge in [0, 0.05) is 52.5 Å². The number of nitrogens with zero attached hydrogens (tertiary/aromatic N) is 2. The van der Waals surface area contributed by atoms with Crippen LogP contribution < -0.4 is 16.4 Å². The zero-order valence-electron chi connectivity index (χ0n) is 25.2. The van der Waals surface area contributed by atoms with Crippen molar-refractivity contribution in [2.45, 2.75) is 19.6 Å². The van der Waals surface area contributed by atoms with Crippen LogP contribution in [0.15, 0.2) is 171 Å². The van der Waals surface area contributed by atoms with Crippen LogP contribution in [0, 0.1) is 0 Å². The molecule has 9 aromatic rings. The first-order valence-electron chi connectivity index (χ1n) is 16.1. The summed E-state index contributed by atoms with van der Waals surface area (Å²) in [5.74, 6) is 0. The molecule has 11 rings (SSSR count). The summed E-state index contributed by atoms with van der Waals surface area (Å²) in [6.07, 6.45) is 0. The van der Waals surface area contributed by atoms with Crippen molar-refractivity contribution >= 4 is 90.2 Å². The zero-order valence-corrected chi connectivity index (χ0v) is 26.9. The molecule has 4 heterocycles. The normalized spacial score (nSPS) is 13.3. The molecule has 5 heteroatoms. The molecule has 218 valence electrons. The molecule has 0 amide bonds. The van der Waals surface area contributed by atoms with Gasteiger partial charge >= 0.3 is 0 Å². The molecule has 0 N–H and O–H groups in total. The second-order valence-corrected chi connectivity index (χ2v) is 14.6. The Morgan fingerprint density at radius 2 is 0.979 bits per heavy atom. The molecule has 0 spiro atoms. The van der Waals surface area contributed by atoms with Crippen LogP contribution in [0.4, 0.5) is 0 Å². The van der Waals surface area contributed by atoms with E-state index in [0.717, 1.165) is 0 Å². The molecule has 0 aliphatic carbocycles. The van der Waals surface area contributed by atoms with Crippen LogP contribution in [0.1, 0.15) is 0 Å². The summed E-state index contributed by atoms with van der Waals surface area (Å²) in [4.78, 5) is 5.42. The Balaban J connectivity index is 1.25. The fourth-order valence-corrected chi connectivity index (χ4v) is 10.6. The zero-order chi connectivity index (χ0) is 30.6. The first kappa shape index (κ1) is 26.0. The SMILES string of the molecule is c1ccc(-n2c3ccccc3c3ccc4c(c5ccccc5n4-c4cc5c6c(c4)Sc4ccccc4B6c4ccccc4S5)c32)cc1. The third-order valence-corrected chi connectivity index (χ3v) is 12.3. The van der Waals surface area contributed by atoms with Gasteiger partial charge in [-0.05, 0) is 60.1 Å². The lowest BCUT2D eigenvalue weighted by atomic mass is 9.36. The van der Waals surface area contributed by atoms with Crippen LogP contribution in [-0.4, -0.2) is 15.8 Å². The van der Waals surface area contributed by atoms with Gasteiger partial charge in [0.25, 0.3) is 0 Å². The van der Waals surface area contributed by atoms with Gasteiger partial charge in [-0.25, -0.2) is 0 Å². The average Bonchev–Trinajstić information content (AvgIpc) is 3.64. The highest BCUT2D eigenvalue weighted by Gasteiger charge is 2.38. The van der Waals surface area contributed by atoms with Gasteiger partial charge in [-0.3, -0.25) is 0 Å². The average molecular weight is 633 g/mol. The number of hydrogen-bond donors (Lipinski definition) is 0. The van der Waals surface area contributed by atoms with Crippen LogP contribution in [0.5, 0.6) is 0 Å². The van der Waals surface area contributed by atoms with Gasteiger partial charge in [0.2, 0.25) is 6.71 Å². The summed E-state index contributed by atoms with van der Waals surface area (Å²) in [5, 5.41) is 5.12. The summed E-state index contributed by atoms with van der Waals surface area (Å²) in [7, 11) is 0. The van der Waals surface area contributed by atoms with Crippen LogP contribution in [0.2, 0.25) is 0 Å². The maximum Gasteiger partial charge on any atom is 0.247 e. The fourth-order valence-electron chi connectivity index (χ4n) is 8.14. The standard InChI is InChI=1S/C42H25BN2S2/c1-2-12-26(13-3-1)45-33-18-8-4-14-28(33)29-22-23-35-40(42(29)45)30-15-5-9-19-34(30)44(35)27-24-38-41-39(25-27)47-37-21-11-7-17-32(37)43(41)31-16-6-10-20-36(31)46-38/h1-25H. The number of para-hydroxylation sites is 3. The highest BCUT2D eigenvalue weighted by atomic mass is 32.2. The highest BCUT2D eigenvalue weighted by Crippen LogP contribution is 2.44. The molecule has 7 aromatic carbocycles. The minimum atomic E-state index is 0.253. The molecule has 0 bridgehead atoms. The van der Waals surface area contributed by atoms with E-state index < -0.39 is 0 Å². The Kier molecular flexibility index (Phi) is 5.38. The van der Waals surface area contributed by atoms with E-state index in [0.29, 0.717) is 0 Å².